The van der Waals surface area contributed by atoms with Crippen LogP contribution in [0.1, 0.15) is 11.1 Å². The van der Waals surface area contributed by atoms with Gasteiger partial charge in [0.1, 0.15) is 0 Å². The smallest absolute Gasteiger partial charge is 0.244 e. The number of aryl methyl sites for hydroxylation is 2. The van der Waals surface area contributed by atoms with Gasteiger partial charge < -0.3 is 4.90 Å². The monoisotopic (exact) mass is 434 g/mol. The summed E-state index contributed by atoms with van der Waals surface area (Å²) in [5, 5.41) is 0.599. The molecule has 7 nitrogen and oxygen atoms in total. The number of hydrogen-bond acceptors (Lipinski definition) is 6. The molecule has 152 valence electrons. The van der Waals surface area contributed by atoms with Crippen molar-refractivity contribution in [2.75, 3.05) is 51.9 Å². The Morgan fingerprint density at radius 3 is 2.33 bits per heavy atom. The fourth-order valence-electron chi connectivity index (χ4n) is 2.35. The van der Waals surface area contributed by atoms with Gasteiger partial charge in [-0.1, -0.05) is 17.4 Å². The quantitative estimate of drug-likeness (QED) is 0.667. The molecule has 0 saturated carbocycles. The van der Waals surface area contributed by atoms with E-state index < -0.39 is 10.0 Å². The van der Waals surface area contributed by atoms with Crippen molar-refractivity contribution in [3.63, 3.8) is 0 Å². The molecule has 1 heterocycles. The zero-order chi connectivity index (χ0) is 19.6. The van der Waals surface area contributed by atoms with E-state index in [0.717, 1.165) is 31.9 Å². The van der Waals surface area contributed by atoms with E-state index in [4.69, 9.17) is 0 Å². The standard InChI is InChI=1S/C17H26N4O3S2.ClH/c1-12-7-8-14-16(13(12)2)18-17(25-14)21(10-9-19(3)4)15(22)11-20(5)26(6,23)24;/h7-8H,9-11H2,1-6H3;1H. The molecule has 0 fully saturated rings. The zero-order valence-electron chi connectivity index (χ0n) is 16.5. The van der Waals surface area contributed by atoms with Crippen molar-refractivity contribution in [3.05, 3.63) is 23.3 Å². The highest BCUT2D eigenvalue weighted by atomic mass is 35.5. The van der Waals surface area contributed by atoms with E-state index in [2.05, 4.69) is 4.98 Å². The first-order valence-corrected chi connectivity index (χ1v) is 10.9. The maximum atomic E-state index is 12.8. The van der Waals surface area contributed by atoms with Crippen LogP contribution in [0.15, 0.2) is 12.1 Å². The largest absolute Gasteiger partial charge is 0.308 e. The number of benzene rings is 1. The number of halogens is 1. The third-order valence-electron chi connectivity index (χ3n) is 4.30. The number of anilines is 1. The van der Waals surface area contributed by atoms with E-state index in [0.29, 0.717) is 18.2 Å². The van der Waals surface area contributed by atoms with Crippen LogP contribution in [0.4, 0.5) is 5.13 Å². The van der Waals surface area contributed by atoms with Gasteiger partial charge in [-0.05, 0) is 45.1 Å². The van der Waals surface area contributed by atoms with Crippen molar-refractivity contribution in [3.8, 4) is 0 Å². The highest BCUT2D eigenvalue weighted by Gasteiger charge is 2.24. The third kappa shape index (κ3) is 5.86. The summed E-state index contributed by atoms with van der Waals surface area (Å²) in [5.41, 5.74) is 3.14. The van der Waals surface area contributed by atoms with Crippen molar-refractivity contribution in [2.45, 2.75) is 13.8 Å². The fourth-order valence-corrected chi connectivity index (χ4v) is 3.76. The Morgan fingerprint density at radius 1 is 1.15 bits per heavy atom. The number of hydrogen-bond donors (Lipinski definition) is 0. The molecule has 1 amide bonds. The predicted octanol–water partition coefficient (Wildman–Crippen LogP) is 2.12. The first-order valence-electron chi connectivity index (χ1n) is 8.24. The van der Waals surface area contributed by atoms with Crippen LogP contribution >= 0.6 is 23.7 Å². The minimum atomic E-state index is -3.42. The summed E-state index contributed by atoms with van der Waals surface area (Å²) in [7, 11) is 1.84. The maximum Gasteiger partial charge on any atom is 0.244 e. The molecule has 1 aromatic carbocycles. The number of likely N-dealkylation sites (N-methyl/N-ethyl adjacent to an activating group) is 2. The molecule has 0 aliphatic rings. The van der Waals surface area contributed by atoms with Crippen LogP contribution in [0.25, 0.3) is 10.2 Å². The minimum absolute atomic E-state index is 0. The molecule has 27 heavy (non-hydrogen) atoms. The average Bonchev–Trinajstić information content (AvgIpc) is 2.94. The van der Waals surface area contributed by atoms with Crippen LogP contribution in [0, 0.1) is 13.8 Å². The van der Waals surface area contributed by atoms with Crippen molar-refractivity contribution in [2.24, 2.45) is 0 Å². The summed E-state index contributed by atoms with van der Waals surface area (Å²) in [6.45, 7) is 4.94. The molecule has 0 bridgehead atoms. The molecule has 0 atom stereocenters. The lowest BCUT2D eigenvalue weighted by Crippen LogP contribution is -2.43. The van der Waals surface area contributed by atoms with Crippen molar-refractivity contribution < 1.29 is 13.2 Å². The van der Waals surface area contributed by atoms with E-state index in [1.54, 1.807) is 4.90 Å². The zero-order valence-corrected chi connectivity index (χ0v) is 19.0. The maximum absolute atomic E-state index is 12.8. The van der Waals surface area contributed by atoms with E-state index in [1.807, 2.05) is 45.0 Å². The summed E-state index contributed by atoms with van der Waals surface area (Å²) >= 11 is 1.45. The number of thiazole rings is 1. The Morgan fingerprint density at radius 2 is 1.78 bits per heavy atom. The van der Waals surface area contributed by atoms with E-state index in [-0.39, 0.29) is 24.9 Å². The van der Waals surface area contributed by atoms with Gasteiger partial charge in [0.05, 0.1) is 23.0 Å². The Balaban J connectivity index is 0.00000364. The second-order valence-electron chi connectivity index (χ2n) is 6.72. The van der Waals surface area contributed by atoms with Gasteiger partial charge in [-0.3, -0.25) is 9.69 Å². The Hall–Kier alpha value is -1.26. The molecule has 2 rings (SSSR count). The van der Waals surface area contributed by atoms with Crippen LogP contribution in [-0.4, -0.2) is 75.5 Å². The normalized spacial score (nSPS) is 11.9. The number of amides is 1. The van der Waals surface area contributed by atoms with Gasteiger partial charge in [-0.2, -0.15) is 4.31 Å². The lowest BCUT2D eigenvalue weighted by molar-refractivity contribution is -0.118. The Labute approximate surface area is 171 Å². The first-order chi connectivity index (χ1) is 12.0. The Bertz CT molecular complexity index is 912. The predicted molar refractivity (Wildman–Crippen MR) is 115 cm³/mol. The summed E-state index contributed by atoms with van der Waals surface area (Å²) < 4.78 is 25.4. The number of rotatable bonds is 7. The molecule has 0 saturated heterocycles. The van der Waals surface area contributed by atoms with E-state index >= 15 is 0 Å². The number of carbonyl (C=O) groups is 1. The van der Waals surface area contributed by atoms with Gasteiger partial charge in [0, 0.05) is 20.1 Å². The molecule has 0 aliphatic heterocycles. The van der Waals surface area contributed by atoms with E-state index in [1.165, 1.54) is 18.4 Å². The van der Waals surface area contributed by atoms with Crippen LogP contribution in [-0.2, 0) is 14.8 Å². The number of fused-ring (bicyclic) bond motifs is 1. The molecular formula is C17H27ClN4O3S2. The first kappa shape index (κ1) is 23.8. The summed E-state index contributed by atoms with van der Waals surface area (Å²) in [5.74, 6) is -0.284. The SMILES string of the molecule is Cc1ccc2sc(N(CCN(C)C)C(=O)CN(C)S(C)(=O)=O)nc2c1C.Cl. The highest BCUT2D eigenvalue weighted by molar-refractivity contribution is 7.88. The molecular weight excluding hydrogens is 408 g/mol. The fraction of sp³-hybridized carbons (Fsp3) is 0.529. The van der Waals surface area contributed by atoms with Gasteiger partial charge in [-0.15, -0.1) is 12.4 Å². The van der Waals surface area contributed by atoms with Gasteiger partial charge in [0.15, 0.2) is 5.13 Å². The van der Waals surface area contributed by atoms with Crippen molar-refractivity contribution >= 4 is 55.0 Å². The van der Waals surface area contributed by atoms with Gasteiger partial charge in [0.2, 0.25) is 15.9 Å². The number of sulfonamides is 1. The lowest BCUT2D eigenvalue weighted by Gasteiger charge is -2.24. The number of carbonyl (C=O) groups excluding carboxylic acids is 1. The van der Waals surface area contributed by atoms with E-state index in [9.17, 15) is 13.2 Å². The summed E-state index contributed by atoms with van der Waals surface area (Å²) in [6.07, 6.45) is 1.09. The second kappa shape index (κ2) is 9.29. The lowest BCUT2D eigenvalue weighted by atomic mass is 10.1. The minimum Gasteiger partial charge on any atom is -0.308 e. The van der Waals surface area contributed by atoms with Gasteiger partial charge in [-0.25, -0.2) is 13.4 Å². The molecule has 0 unspecified atom stereocenters. The molecule has 1 aromatic heterocycles. The number of nitrogens with zero attached hydrogens (tertiary/aromatic N) is 4. The van der Waals surface area contributed by atoms with Crippen molar-refractivity contribution in [1.82, 2.24) is 14.2 Å². The van der Waals surface area contributed by atoms with Crippen molar-refractivity contribution in [1.29, 1.82) is 0 Å². The number of aromatic nitrogens is 1. The van der Waals surface area contributed by atoms with Crippen LogP contribution < -0.4 is 4.90 Å². The molecule has 0 spiro atoms. The second-order valence-corrected chi connectivity index (χ2v) is 9.82. The topological polar surface area (TPSA) is 73.8 Å². The Kier molecular flexibility index (Phi) is 8.18. The molecule has 0 radical (unpaired) electrons. The highest BCUT2D eigenvalue weighted by Crippen LogP contribution is 2.32. The van der Waals surface area contributed by atoms with Crippen LogP contribution in [0.5, 0.6) is 0 Å². The van der Waals surface area contributed by atoms with Gasteiger partial charge >= 0.3 is 0 Å². The van der Waals surface area contributed by atoms with Gasteiger partial charge in [0.25, 0.3) is 0 Å². The third-order valence-corrected chi connectivity index (χ3v) is 6.61. The average molecular weight is 435 g/mol. The molecule has 10 heteroatoms. The molecule has 2 aromatic rings. The molecule has 0 aliphatic carbocycles. The summed E-state index contributed by atoms with van der Waals surface area (Å²) in [4.78, 5) is 21.0. The molecule has 0 N–H and O–H groups in total. The van der Waals surface area contributed by atoms with Crippen LogP contribution in [0.2, 0.25) is 0 Å². The summed E-state index contributed by atoms with van der Waals surface area (Å²) in [6, 6.07) is 4.05. The van der Waals surface area contributed by atoms with Crippen LogP contribution in [0.3, 0.4) is 0 Å².